The molecule has 25 heavy (non-hydrogen) atoms. The molecule has 0 spiro atoms. The Morgan fingerprint density at radius 2 is 1.64 bits per heavy atom. The molecule has 0 aliphatic rings. The molecular weight excluding hydrogens is 430 g/mol. The molecule has 2 aromatic carbocycles. The number of hydrogen-bond acceptors (Lipinski definition) is 4. The highest BCUT2D eigenvalue weighted by atomic mass is 35.6. The fourth-order valence-electron chi connectivity index (χ4n) is 1.76. The Morgan fingerprint density at radius 3 is 2.12 bits per heavy atom. The van der Waals surface area contributed by atoms with Gasteiger partial charge in [-0.1, -0.05) is 58.2 Å². The Morgan fingerprint density at radius 1 is 1.08 bits per heavy atom. The number of rotatable bonds is 5. The van der Waals surface area contributed by atoms with Crippen molar-refractivity contribution in [2.24, 2.45) is 0 Å². The van der Waals surface area contributed by atoms with Crippen LogP contribution in [0.5, 0.6) is 0 Å². The molecule has 1 N–H and O–H groups in total. The number of halogens is 4. The van der Waals surface area contributed by atoms with E-state index in [1.807, 2.05) is 0 Å². The maximum atomic E-state index is 12.3. The number of thioether (sulfide) groups is 1. The third-order valence-electron chi connectivity index (χ3n) is 2.97. The van der Waals surface area contributed by atoms with E-state index >= 15 is 0 Å². The molecule has 10 heteroatoms. The van der Waals surface area contributed by atoms with Gasteiger partial charge in [0, 0.05) is 27.6 Å². The van der Waals surface area contributed by atoms with Crippen LogP contribution < -0.4 is 5.32 Å². The van der Waals surface area contributed by atoms with E-state index in [2.05, 4.69) is 5.32 Å². The van der Waals surface area contributed by atoms with E-state index in [1.54, 1.807) is 24.3 Å². The average Bonchev–Trinajstić information content (AvgIpc) is 2.55. The number of nitro benzene ring substituents is 1. The molecule has 2 aromatic rings. The molecule has 0 heterocycles. The predicted octanol–water partition coefficient (Wildman–Crippen LogP) is 5.47. The summed E-state index contributed by atoms with van der Waals surface area (Å²) in [7, 11) is 0. The summed E-state index contributed by atoms with van der Waals surface area (Å²) in [5, 5.41) is 12.9. The van der Waals surface area contributed by atoms with Gasteiger partial charge in [0.2, 0.25) is 3.79 Å². The summed E-state index contributed by atoms with van der Waals surface area (Å²) in [6.07, 6.45) is 0. The van der Waals surface area contributed by atoms with Crippen LogP contribution in [0.25, 0.3) is 0 Å². The van der Waals surface area contributed by atoms with Crippen molar-refractivity contribution in [1.29, 1.82) is 0 Å². The second-order valence-electron chi connectivity index (χ2n) is 4.77. The summed E-state index contributed by atoms with van der Waals surface area (Å²) in [5.41, 5.74) is 0.0894. The van der Waals surface area contributed by atoms with Crippen LogP contribution in [0.4, 0.5) is 5.69 Å². The maximum absolute atomic E-state index is 12.3. The lowest BCUT2D eigenvalue weighted by Gasteiger charge is -2.25. The number of nitrogens with zero attached hydrogens (tertiary/aromatic N) is 1. The zero-order chi connectivity index (χ0) is 18.6. The number of nitrogens with one attached hydrogen (secondary N) is 1. The Hall–Kier alpha value is -1.18. The number of nitro groups is 1. The number of carbonyl (C=O) groups is 1. The SMILES string of the molecule is O=C(N[C@@H](Sc1ccc(Cl)cc1)C(Cl)(Cl)Cl)c1ccc([N+](=O)[O-])cc1. The molecule has 2 rings (SSSR count). The normalized spacial score (nSPS) is 12.5. The number of amides is 1. The first-order valence-corrected chi connectivity index (χ1v) is 9.10. The highest BCUT2D eigenvalue weighted by Gasteiger charge is 2.35. The fraction of sp³-hybridized carbons (Fsp3) is 0.133. The van der Waals surface area contributed by atoms with Crippen LogP contribution in [0.2, 0.25) is 5.02 Å². The summed E-state index contributed by atoms with van der Waals surface area (Å²) in [6, 6.07) is 11.9. The predicted molar refractivity (Wildman–Crippen MR) is 102 cm³/mol. The van der Waals surface area contributed by atoms with Crippen molar-refractivity contribution >= 4 is 69.8 Å². The minimum atomic E-state index is -1.78. The zero-order valence-electron chi connectivity index (χ0n) is 12.3. The summed E-state index contributed by atoms with van der Waals surface area (Å²) in [4.78, 5) is 23.2. The molecule has 1 amide bonds. The third-order valence-corrected chi connectivity index (χ3v) is 5.51. The molecule has 0 aliphatic carbocycles. The lowest BCUT2D eigenvalue weighted by atomic mass is 10.2. The number of hydrogen-bond donors (Lipinski definition) is 1. The Labute approximate surface area is 167 Å². The molecule has 0 saturated heterocycles. The molecule has 0 bridgehead atoms. The van der Waals surface area contributed by atoms with E-state index in [-0.39, 0.29) is 11.3 Å². The monoisotopic (exact) mass is 438 g/mol. The highest BCUT2D eigenvalue weighted by Crippen LogP contribution is 2.39. The molecule has 0 aliphatic heterocycles. The molecule has 0 aromatic heterocycles. The van der Waals surface area contributed by atoms with Gasteiger partial charge in [-0.25, -0.2) is 0 Å². The zero-order valence-corrected chi connectivity index (χ0v) is 16.1. The van der Waals surface area contributed by atoms with Gasteiger partial charge in [-0.05, 0) is 36.4 Å². The lowest BCUT2D eigenvalue weighted by molar-refractivity contribution is -0.384. The largest absolute Gasteiger partial charge is 0.336 e. The van der Waals surface area contributed by atoms with Gasteiger partial charge in [-0.15, -0.1) is 0 Å². The van der Waals surface area contributed by atoms with Crippen molar-refractivity contribution in [2.45, 2.75) is 14.1 Å². The number of non-ortho nitro benzene ring substituents is 1. The highest BCUT2D eigenvalue weighted by molar-refractivity contribution is 8.00. The lowest BCUT2D eigenvalue weighted by Crippen LogP contribution is -2.41. The summed E-state index contributed by atoms with van der Waals surface area (Å²) in [5.74, 6) is -0.521. The number of alkyl halides is 3. The van der Waals surface area contributed by atoms with E-state index in [9.17, 15) is 14.9 Å². The number of carbonyl (C=O) groups excluding carboxylic acids is 1. The van der Waals surface area contributed by atoms with Gasteiger partial charge < -0.3 is 5.32 Å². The molecule has 0 saturated carbocycles. The van der Waals surface area contributed by atoms with Crippen LogP contribution in [0.1, 0.15) is 10.4 Å². The van der Waals surface area contributed by atoms with E-state index in [1.165, 1.54) is 24.3 Å². The molecule has 5 nitrogen and oxygen atoms in total. The Bertz CT molecular complexity index is 764. The van der Waals surface area contributed by atoms with Crippen LogP contribution in [0.15, 0.2) is 53.4 Å². The van der Waals surface area contributed by atoms with Crippen molar-refractivity contribution < 1.29 is 9.72 Å². The quantitative estimate of drug-likeness (QED) is 0.220. The van der Waals surface area contributed by atoms with Crippen LogP contribution in [-0.4, -0.2) is 20.0 Å². The molecular formula is C15H10Cl4N2O3S. The molecule has 1 atom stereocenters. The topological polar surface area (TPSA) is 72.2 Å². The van der Waals surface area contributed by atoms with Gasteiger partial charge in [0.05, 0.1) is 4.92 Å². The Balaban J connectivity index is 2.14. The van der Waals surface area contributed by atoms with Gasteiger partial charge in [-0.2, -0.15) is 0 Å². The molecule has 132 valence electrons. The van der Waals surface area contributed by atoms with E-state index in [4.69, 9.17) is 46.4 Å². The number of benzene rings is 2. The van der Waals surface area contributed by atoms with Crippen LogP contribution in [0.3, 0.4) is 0 Å². The third kappa shape index (κ3) is 5.94. The minimum absolute atomic E-state index is 0.120. The first-order valence-electron chi connectivity index (χ1n) is 6.71. The van der Waals surface area contributed by atoms with E-state index < -0.39 is 20.0 Å². The summed E-state index contributed by atoms with van der Waals surface area (Å²) >= 11 is 24.8. The van der Waals surface area contributed by atoms with Crippen molar-refractivity contribution in [1.82, 2.24) is 5.32 Å². The van der Waals surface area contributed by atoms with Crippen LogP contribution >= 0.6 is 58.2 Å². The van der Waals surface area contributed by atoms with Crippen LogP contribution in [0, 0.1) is 10.1 Å². The van der Waals surface area contributed by atoms with Crippen molar-refractivity contribution in [3.8, 4) is 0 Å². The summed E-state index contributed by atoms with van der Waals surface area (Å²) in [6.45, 7) is 0. The van der Waals surface area contributed by atoms with E-state index in [0.717, 1.165) is 16.7 Å². The van der Waals surface area contributed by atoms with Gasteiger partial charge in [0.1, 0.15) is 5.37 Å². The fourth-order valence-corrected chi connectivity index (χ4v) is 3.32. The molecule has 0 radical (unpaired) electrons. The van der Waals surface area contributed by atoms with E-state index in [0.29, 0.717) is 5.02 Å². The smallest absolute Gasteiger partial charge is 0.269 e. The van der Waals surface area contributed by atoms with Gasteiger partial charge >= 0.3 is 0 Å². The summed E-state index contributed by atoms with van der Waals surface area (Å²) < 4.78 is -1.78. The van der Waals surface area contributed by atoms with Gasteiger partial charge in [0.15, 0.2) is 0 Å². The van der Waals surface area contributed by atoms with Crippen molar-refractivity contribution in [2.75, 3.05) is 0 Å². The molecule has 0 unspecified atom stereocenters. The van der Waals surface area contributed by atoms with Gasteiger partial charge in [0.25, 0.3) is 11.6 Å². The van der Waals surface area contributed by atoms with Crippen molar-refractivity contribution in [3.63, 3.8) is 0 Å². The van der Waals surface area contributed by atoms with Crippen molar-refractivity contribution in [3.05, 3.63) is 69.2 Å². The molecule has 0 fully saturated rings. The van der Waals surface area contributed by atoms with Crippen LogP contribution in [-0.2, 0) is 0 Å². The first-order chi connectivity index (χ1) is 11.7. The average molecular weight is 440 g/mol. The van der Waals surface area contributed by atoms with Gasteiger partial charge in [-0.3, -0.25) is 14.9 Å². The standard InChI is InChI=1S/C15H10Cl4N2O3S/c16-10-3-7-12(8-4-10)25-14(15(17,18)19)20-13(22)9-1-5-11(6-2-9)21(23)24/h1-8,14H,(H,20,22)/t14-/m0/s1. The second-order valence-corrected chi connectivity index (χ2v) is 8.75. The minimum Gasteiger partial charge on any atom is -0.336 e. The second kappa shape index (κ2) is 8.47. The first kappa shape index (κ1) is 20.1. The maximum Gasteiger partial charge on any atom is 0.269 e. The Kier molecular flexibility index (Phi) is 6.82.